The zero-order valence-corrected chi connectivity index (χ0v) is 10.9. The lowest BCUT2D eigenvalue weighted by Gasteiger charge is -2.33. The molecule has 3 nitrogen and oxygen atoms in total. The molecule has 3 heteroatoms. The van der Waals surface area contributed by atoms with Gasteiger partial charge < -0.3 is 14.3 Å². The molecule has 0 bridgehead atoms. The van der Waals surface area contributed by atoms with Crippen LogP contribution >= 0.6 is 0 Å². The van der Waals surface area contributed by atoms with Crippen molar-refractivity contribution >= 4 is 0 Å². The molecule has 0 aliphatic carbocycles. The molecule has 0 aromatic carbocycles. The van der Waals surface area contributed by atoms with E-state index < -0.39 is 0 Å². The van der Waals surface area contributed by atoms with Gasteiger partial charge in [0.2, 0.25) is 0 Å². The van der Waals surface area contributed by atoms with E-state index in [2.05, 4.69) is 47.5 Å². The smallest absolute Gasteiger partial charge is 0.128 e. The predicted octanol–water partition coefficient (Wildman–Crippen LogP) is 0.379. The monoisotopic (exact) mass is 203 g/mol. The first-order valence-electron chi connectivity index (χ1n) is 5.60. The standard InChI is InChI=1S/C11H29N3/c1-7-12-8-9-14(5,6)11-10-13(2,3)4/h12H,7-11H2,1-6H3/q+2. The van der Waals surface area contributed by atoms with Gasteiger partial charge in [-0.1, -0.05) is 6.92 Å². The van der Waals surface area contributed by atoms with Crippen molar-refractivity contribution in [3.8, 4) is 0 Å². The lowest BCUT2D eigenvalue weighted by molar-refractivity contribution is -0.936. The molecule has 0 saturated carbocycles. The third-order valence-corrected chi connectivity index (χ3v) is 2.52. The Morgan fingerprint density at radius 2 is 1.43 bits per heavy atom. The van der Waals surface area contributed by atoms with Crippen LogP contribution in [-0.2, 0) is 0 Å². The second-order valence-electron chi connectivity index (χ2n) is 5.75. The maximum absolute atomic E-state index is 3.38. The van der Waals surface area contributed by atoms with E-state index in [1.807, 2.05) is 0 Å². The van der Waals surface area contributed by atoms with Crippen LogP contribution in [0.5, 0.6) is 0 Å². The molecule has 0 spiro atoms. The molecular weight excluding hydrogens is 174 g/mol. The molecule has 0 aromatic heterocycles. The lowest BCUT2D eigenvalue weighted by atomic mass is 10.4. The summed E-state index contributed by atoms with van der Waals surface area (Å²) in [5.74, 6) is 0. The Morgan fingerprint density at radius 3 is 1.86 bits per heavy atom. The fraction of sp³-hybridized carbons (Fsp3) is 1.00. The zero-order chi connectivity index (χ0) is 11.2. The molecule has 0 unspecified atom stereocenters. The van der Waals surface area contributed by atoms with Crippen LogP contribution in [0.3, 0.4) is 0 Å². The van der Waals surface area contributed by atoms with Gasteiger partial charge in [0.15, 0.2) is 0 Å². The Morgan fingerprint density at radius 1 is 0.857 bits per heavy atom. The van der Waals surface area contributed by atoms with Crippen LogP contribution in [0.2, 0.25) is 0 Å². The normalized spacial score (nSPS) is 13.3. The number of hydrogen-bond acceptors (Lipinski definition) is 1. The Kier molecular flexibility index (Phi) is 5.64. The molecule has 0 fully saturated rings. The summed E-state index contributed by atoms with van der Waals surface area (Å²) < 4.78 is 2.17. The van der Waals surface area contributed by atoms with Gasteiger partial charge in [0.05, 0.1) is 41.8 Å². The number of rotatable bonds is 7. The Bertz CT molecular complexity index is 147. The molecule has 0 aliphatic heterocycles. The summed E-state index contributed by atoms with van der Waals surface area (Å²) >= 11 is 0. The average molecular weight is 203 g/mol. The van der Waals surface area contributed by atoms with Crippen molar-refractivity contribution in [3.05, 3.63) is 0 Å². The quantitative estimate of drug-likeness (QED) is 0.466. The van der Waals surface area contributed by atoms with Gasteiger partial charge in [-0.25, -0.2) is 0 Å². The maximum Gasteiger partial charge on any atom is 0.128 e. The summed E-state index contributed by atoms with van der Waals surface area (Å²) in [5.41, 5.74) is 0. The molecule has 0 amide bonds. The second kappa shape index (κ2) is 5.69. The second-order valence-corrected chi connectivity index (χ2v) is 5.75. The van der Waals surface area contributed by atoms with Crippen LogP contribution in [0.1, 0.15) is 6.92 Å². The third kappa shape index (κ3) is 8.48. The topological polar surface area (TPSA) is 12.0 Å². The van der Waals surface area contributed by atoms with Crippen LogP contribution in [-0.4, -0.2) is 76.9 Å². The molecular formula is C11H29N3+2. The van der Waals surface area contributed by atoms with Crippen molar-refractivity contribution < 1.29 is 8.97 Å². The van der Waals surface area contributed by atoms with E-state index in [1.165, 1.54) is 19.6 Å². The Labute approximate surface area is 89.9 Å². The Balaban J connectivity index is 3.72. The summed E-state index contributed by atoms with van der Waals surface area (Å²) in [5, 5.41) is 3.38. The molecule has 14 heavy (non-hydrogen) atoms. The molecule has 86 valence electrons. The molecule has 0 radical (unpaired) electrons. The van der Waals surface area contributed by atoms with Crippen molar-refractivity contribution in [2.75, 3.05) is 68.0 Å². The van der Waals surface area contributed by atoms with Crippen LogP contribution in [0.15, 0.2) is 0 Å². The van der Waals surface area contributed by atoms with E-state index in [0.29, 0.717) is 0 Å². The first kappa shape index (κ1) is 13.9. The molecule has 0 saturated heterocycles. The first-order valence-corrected chi connectivity index (χ1v) is 5.60. The fourth-order valence-electron chi connectivity index (χ4n) is 1.24. The largest absolute Gasteiger partial charge is 0.326 e. The van der Waals surface area contributed by atoms with Gasteiger partial charge in [0.25, 0.3) is 0 Å². The van der Waals surface area contributed by atoms with Crippen molar-refractivity contribution in [1.82, 2.24) is 5.32 Å². The van der Waals surface area contributed by atoms with Gasteiger partial charge in [0.1, 0.15) is 13.1 Å². The molecule has 0 rings (SSSR count). The number of nitrogens with one attached hydrogen (secondary N) is 1. The van der Waals surface area contributed by atoms with Crippen molar-refractivity contribution in [2.45, 2.75) is 6.92 Å². The predicted molar refractivity (Wildman–Crippen MR) is 63.3 cm³/mol. The fourth-order valence-corrected chi connectivity index (χ4v) is 1.24. The van der Waals surface area contributed by atoms with E-state index in [9.17, 15) is 0 Å². The molecule has 0 aromatic rings. The average Bonchev–Trinajstić information content (AvgIpc) is 2.00. The minimum atomic E-state index is 1.06. The molecule has 0 aliphatic rings. The summed E-state index contributed by atoms with van der Waals surface area (Å²) in [6, 6.07) is 0. The van der Waals surface area contributed by atoms with Crippen LogP contribution in [0.25, 0.3) is 0 Å². The number of nitrogens with zero attached hydrogens (tertiary/aromatic N) is 2. The van der Waals surface area contributed by atoms with Gasteiger partial charge in [-0.05, 0) is 6.54 Å². The van der Waals surface area contributed by atoms with Crippen LogP contribution in [0.4, 0.5) is 0 Å². The Hall–Kier alpha value is -0.120. The summed E-state index contributed by atoms with van der Waals surface area (Å²) in [6.45, 7) is 8.06. The minimum Gasteiger partial charge on any atom is -0.326 e. The van der Waals surface area contributed by atoms with Crippen molar-refractivity contribution in [1.29, 1.82) is 0 Å². The SMILES string of the molecule is CCNCC[N+](C)(C)CC[N+](C)(C)C. The molecule has 0 atom stereocenters. The van der Waals surface area contributed by atoms with Gasteiger partial charge >= 0.3 is 0 Å². The maximum atomic E-state index is 3.38. The summed E-state index contributed by atoms with van der Waals surface area (Å²) in [4.78, 5) is 0. The third-order valence-electron chi connectivity index (χ3n) is 2.52. The summed E-state index contributed by atoms with van der Waals surface area (Å²) in [7, 11) is 11.4. The lowest BCUT2D eigenvalue weighted by Crippen LogP contribution is -2.51. The minimum absolute atomic E-state index is 1.06. The van der Waals surface area contributed by atoms with Crippen molar-refractivity contribution in [3.63, 3.8) is 0 Å². The van der Waals surface area contributed by atoms with Crippen LogP contribution < -0.4 is 5.32 Å². The van der Waals surface area contributed by atoms with E-state index in [4.69, 9.17) is 0 Å². The van der Waals surface area contributed by atoms with E-state index in [0.717, 1.165) is 22.1 Å². The van der Waals surface area contributed by atoms with E-state index >= 15 is 0 Å². The van der Waals surface area contributed by atoms with Gasteiger partial charge in [-0.3, -0.25) is 0 Å². The highest BCUT2D eigenvalue weighted by Gasteiger charge is 2.18. The molecule has 1 N–H and O–H groups in total. The number of quaternary nitrogens is 2. The van der Waals surface area contributed by atoms with Gasteiger partial charge in [0, 0.05) is 6.54 Å². The van der Waals surface area contributed by atoms with Crippen LogP contribution in [0, 0.1) is 0 Å². The highest BCUT2D eigenvalue weighted by molar-refractivity contribution is 4.42. The number of likely N-dealkylation sites (N-methyl/N-ethyl adjacent to an activating group) is 3. The highest BCUT2D eigenvalue weighted by Crippen LogP contribution is 1.99. The van der Waals surface area contributed by atoms with Crippen molar-refractivity contribution in [2.24, 2.45) is 0 Å². The summed E-state index contributed by atoms with van der Waals surface area (Å²) in [6.07, 6.45) is 0. The molecule has 0 heterocycles. The van der Waals surface area contributed by atoms with Gasteiger partial charge in [-0.2, -0.15) is 0 Å². The van der Waals surface area contributed by atoms with Gasteiger partial charge in [-0.15, -0.1) is 0 Å². The highest BCUT2D eigenvalue weighted by atomic mass is 15.4. The van der Waals surface area contributed by atoms with E-state index in [1.54, 1.807) is 0 Å². The van der Waals surface area contributed by atoms with E-state index in [-0.39, 0.29) is 0 Å². The first-order chi connectivity index (χ1) is 6.27. The number of hydrogen-bond donors (Lipinski definition) is 1. The zero-order valence-electron chi connectivity index (χ0n) is 10.9.